The molecular weight excluding hydrogens is 238 g/mol. The van der Waals surface area contributed by atoms with Gasteiger partial charge in [0, 0.05) is 5.75 Å². The van der Waals surface area contributed by atoms with Crippen LogP contribution >= 0.6 is 11.8 Å². The number of aliphatic carboxylic acids is 1. The Bertz CT molecular complexity index is 214. The van der Waals surface area contributed by atoms with Gasteiger partial charge in [-0.25, -0.2) is 0 Å². The molecule has 0 saturated heterocycles. The molecule has 0 fully saturated rings. The number of aliphatic hydroxyl groups is 1. The van der Waals surface area contributed by atoms with E-state index in [0.717, 1.165) is 30.9 Å². The highest BCUT2D eigenvalue weighted by Crippen LogP contribution is 2.19. The van der Waals surface area contributed by atoms with Crippen LogP contribution in [0, 0.1) is 0 Å². The molecule has 0 rings (SSSR count). The summed E-state index contributed by atoms with van der Waals surface area (Å²) in [6.45, 7) is 4.88. The predicted octanol–water partition coefficient (Wildman–Crippen LogP) is 1.73. The van der Waals surface area contributed by atoms with Crippen molar-refractivity contribution < 1.29 is 15.0 Å². The Morgan fingerprint density at radius 3 is 2.53 bits per heavy atom. The molecule has 17 heavy (non-hydrogen) atoms. The van der Waals surface area contributed by atoms with Gasteiger partial charge in [0.05, 0.1) is 6.61 Å². The highest BCUT2D eigenvalue weighted by molar-refractivity contribution is 7.99. The van der Waals surface area contributed by atoms with Gasteiger partial charge in [-0.2, -0.15) is 11.8 Å². The largest absolute Gasteiger partial charge is 0.480 e. The van der Waals surface area contributed by atoms with E-state index in [2.05, 4.69) is 5.32 Å². The lowest BCUT2D eigenvalue weighted by Gasteiger charge is -2.29. The number of nitrogens with one attached hydrogen (secondary N) is 1. The van der Waals surface area contributed by atoms with Gasteiger partial charge in [-0.1, -0.05) is 13.8 Å². The van der Waals surface area contributed by atoms with E-state index in [-0.39, 0.29) is 6.61 Å². The number of hydrogen-bond acceptors (Lipinski definition) is 4. The van der Waals surface area contributed by atoms with Gasteiger partial charge in [0.2, 0.25) is 0 Å². The van der Waals surface area contributed by atoms with Crippen molar-refractivity contribution in [2.24, 2.45) is 0 Å². The Balaban J connectivity index is 4.13. The molecule has 3 N–H and O–H groups in total. The van der Waals surface area contributed by atoms with Crippen LogP contribution in [0.3, 0.4) is 0 Å². The molecule has 0 aliphatic carbocycles. The van der Waals surface area contributed by atoms with Crippen molar-refractivity contribution in [1.29, 1.82) is 0 Å². The van der Waals surface area contributed by atoms with Crippen LogP contribution in [-0.4, -0.2) is 46.4 Å². The Labute approximate surface area is 108 Å². The minimum atomic E-state index is -0.768. The first-order chi connectivity index (χ1) is 8.13. The molecule has 0 aromatic rings. The lowest BCUT2D eigenvalue weighted by Crippen LogP contribution is -2.52. The molecule has 102 valence electrons. The summed E-state index contributed by atoms with van der Waals surface area (Å²) >= 11 is 1.67. The summed E-state index contributed by atoms with van der Waals surface area (Å²) < 4.78 is 0. The van der Waals surface area contributed by atoms with Crippen molar-refractivity contribution in [3.63, 3.8) is 0 Å². The summed E-state index contributed by atoms with van der Waals surface area (Å²) in [7, 11) is 0. The van der Waals surface area contributed by atoms with E-state index in [1.165, 1.54) is 0 Å². The van der Waals surface area contributed by atoms with Gasteiger partial charge >= 0.3 is 5.97 Å². The van der Waals surface area contributed by atoms with Gasteiger partial charge in [-0.05, 0) is 38.0 Å². The fourth-order valence-electron chi connectivity index (χ4n) is 1.73. The lowest BCUT2D eigenvalue weighted by molar-refractivity contribution is -0.145. The van der Waals surface area contributed by atoms with Crippen molar-refractivity contribution >= 4 is 17.7 Å². The fraction of sp³-hybridized carbons (Fsp3) is 0.917. The van der Waals surface area contributed by atoms with Crippen molar-refractivity contribution in [3.05, 3.63) is 0 Å². The Morgan fingerprint density at radius 1 is 1.35 bits per heavy atom. The smallest absolute Gasteiger partial charge is 0.323 e. The number of thioether (sulfide) groups is 1. The third-order valence-corrected chi connectivity index (χ3v) is 3.90. The third-order valence-electron chi connectivity index (χ3n) is 2.85. The van der Waals surface area contributed by atoms with Crippen LogP contribution in [0.25, 0.3) is 0 Å². The first kappa shape index (κ1) is 16.7. The van der Waals surface area contributed by atoms with Crippen LogP contribution in [0.2, 0.25) is 0 Å². The summed E-state index contributed by atoms with van der Waals surface area (Å²) in [4.78, 5) is 11.4. The minimum Gasteiger partial charge on any atom is -0.480 e. The summed E-state index contributed by atoms with van der Waals surface area (Å²) in [5.41, 5.74) is -0.768. The maximum Gasteiger partial charge on any atom is 0.323 e. The van der Waals surface area contributed by atoms with Crippen LogP contribution in [0.4, 0.5) is 0 Å². The van der Waals surface area contributed by atoms with Crippen LogP contribution in [0.5, 0.6) is 0 Å². The zero-order valence-corrected chi connectivity index (χ0v) is 11.7. The summed E-state index contributed by atoms with van der Waals surface area (Å²) in [5.74, 6) is 0.887. The van der Waals surface area contributed by atoms with E-state index in [1.54, 1.807) is 11.8 Å². The molecule has 0 aliphatic rings. The quantitative estimate of drug-likeness (QED) is 0.495. The number of carbonyl (C=O) groups is 1. The lowest BCUT2D eigenvalue weighted by atomic mass is 9.90. The van der Waals surface area contributed by atoms with Gasteiger partial charge in [-0.3, -0.25) is 4.79 Å². The molecule has 0 amide bonds. The summed E-state index contributed by atoms with van der Waals surface area (Å²) in [6.07, 6.45) is 3.06. The highest BCUT2D eigenvalue weighted by atomic mass is 32.2. The van der Waals surface area contributed by atoms with E-state index in [9.17, 15) is 9.90 Å². The molecular formula is C12H25NO3S. The Hall–Kier alpha value is -0.260. The second kappa shape index (κ2) is 9.74. The summed E-state index contributed by atoms with van der Waals surface area (Å²) in [5, 5.41) is 21.2. The van der Waals surface area contributed by atoms with Crippen LogP contribution in [0.1, 0.15) is 39.5 Å². The molecule has 0 aliphatic heterocycles. The van der Waals surface area contributed by atoms with E-state index in [4.69, 9.17) is 5.11 Å². The molecule has 0 heterocycles. The maximum absolute atomic E-state index is 11.4. The zero-order valence-electron chi connectivity index (χ0n) is 10.9. The molecule has 0 aromatic carbocycles. The Morgan fingerprint density at radius 2 is 2.06 bits per heavy atom. The fourth-order valence-corrected chi connectivity index (χ4v) is 2.41. The zero-order chi connectivity index (χ0) is 13.1. The number of hydrogen-bond donors (Lipinski definition) is 3. The minimum absolute atomic E-state index is 0.191. The van der Waals surface area contributed by atoms with Crippen LogP contribution in [-0.2, 0) is 4.79 Å². The van der Waals surface area contributed by atoms with Gasteiger partial charge in [0.25, 0.3) is 0 Å². The molecule has 0 bridgehead atoms. The van der Waals surface area contributed by atoms with Crippen LogP contribution in [0.15, 0.2) is 0 Å². The monoisotopic (exact) mass is 263 g/mol. The van der Waals surface area contributed by atoms with Crippen molar-refractivity contribution in [2.45, 2.75) is 45.1 Å². The molecule has 1 atom stereocenters. The predicted molar refractivity (Wildman–Crippen MR) is 72.6 cm³/mol. The number of carboxylic acid groups (broad SMARTS) is 1. The van der Waals surface area contributed by atoms with E-state index >= 15 is 0 Å². The van der Waals surface area contributed by atoms with Crippen molar-refractivity contribution in [2.75, 3.05) is 24.7 Å². The average Bonchev–Trinajstić information content (AvgIpc) is 2.32. The standard InChI is InChI=1S/C12H25NO3S/c1-3-7-13-12(4-2,11(15)16)6-5-9-17-10-8-14/h13-14H,3-10H2,1-2H3,(H,15,16). The van der Waals surface area contributed by atoms with Crippen LogP contribution < -0.4 is 5.32 Å². The number of aliphatic hydroxyl groups excluding tert-OH is 1. The Kier molecular flexibility index (Phi) is 9.59. The normalized spacial score (nSPS) is 14.5. The highest BCUT2D eigenvalue weighted by Gasteiger charge is 2.34. The maximum atomic E-state index is 11.4. The SMILES string of the molecule is CCCNC(CC)(CCCSCCO)C(=O)O. The molecule has 0 spiro atoms. The number of carboxylic acids is 1. The van der Waals surface area contributed by atoms with Crippen molar-refractivity contribution in [1.82, 2.24) is 5.32 Å². The molecule has 0 radical (unpaired) electrons. The summed E-state index contributed by atoms with van der Waals surface area (Å²) in [6, 6.07) is 0. The first-order valence-corrected chi connectivity index (χ1v) is 7.45. The van der Waals surface area contributed by atoms with E-state index in [0.29, 0.717) is 12.8 Å². The van der Waals surface area contributed by atoms with Gasteiger partial charge in [0.1, 0.15) is 5.54 Å². The first-order valence-electron chi connectivity index (χ1n) is 6.30. The molecule has 5 heteroatoms. The van der Waals surface area contributed by atoms with Gasteiger partial charge < -0.3 is 15.5 Å². The second-order valence-corrected chi connectivity index (χ2v) is 5.33. The van der Waals surface area contributed by atoms with E-state index < -0.39 is 11.5 Å². The molecule has 4 nitrogen and oxygen atoms in total. The van der Waals surface area contributed by atoms with Crippen molar-refractivity contribution in [3.8, 4) is 0 Å². The molecule has 1 unspecified atom stereocenters. The average molecular weight is 263 g/mol. The second-order valence-electron chi connectivity index (χ2n) is 4.11. The molecule has 0 aromatic heterocycles. The third kappa shape index (κ3) is 6.29. The van der Waals surface area contributed by atoms with Gasteiger partial charge in [-0.15, -0.1) is 0 Å². The van der Waals surface area contributed by atoms with Gasteiger partial charge in [0.15, 0.2) is 0 Å². The van der Waals surface area contributed by atoms with E-state index in [1.807, 2.05) is 13.8 Å². The topological polar surface area (TPSA) is 69.6 Å². The molecule has 0 saturated carbocycles. The number of rotatable bonds is 11.